The summed E-state index contributed by atoms with van der Waals surface area (Å²) in [6.07, 6.45) is 0.662. The molecule has 2 aromatic rings. The standard InChI is InChI=1S/C17H18FNO3S/c1-3-22-17-11-14(8-9-15(17)18)23(20,21)19-12(2)10-13-6-4-5-7-16(13)19/h4-9,11-12H,3,10H2,1-2H3/t12-/m1/s1. The van der Waals surface area contributed by atoms with Crippen molar-refractivity contribution in [2.24, 2.45) is 0 Å². The Morgan fingerprint density at radius 2 is 2.00 bits per heavy atom. The number of sulfonamides is 1. The predicted octanol–water partition coefficient (Wildman–Crippen LogP) is 3.36. The minimum atomic E-state index is -3.77. The molecule has 0 aliphatic carbocycles. The minimum Gasteiger partial charge on any atom is -0.491 e. The number of halogens is 1. The van der Waals surface area contributed by atoms with Crippen LogP contribution in [-0.2, 0) is 16.4 Å². The fourth-order valence-electron chi connectivity index (χ4n) is 2.93. The predicted molar refractivity (Wildman–Crippen MR) is 86.8 cm³/mol. The van der Waals surface area contributed by atoms with E-state index in [2.05, 4.69) is 0 Å². The zero-order chi connectivity index (χ0) is 16.6. The van der Waals surface area contributed by atoms with Crippen molar-refractivity contribution in [1.82, 2.24) is 0 Å². The van der Waals surface area contributed by atoms with Gasteiger partial charge in [0.25, 0.3) is 10.0 Å². The first-order chi connectivity index (χ1) is 10.9. The largest absolute Gasteiger partial charge is 0.491 e. The molecule has 3 rings (SSSR count). The van der Waals surface area contributed by atoms with Gasteiger partial charge in [-0.05, 0) is 44.0 Å². The fraction of sp³-hybridized carbons (Fsp3) is 0.294. The molecule has 0 saturated carbocycles. The van der Waals surface area contributed by atoms with Crippen LogP contribution in [0.5, 0.6) is 5.75 Å². The van der Waals surface area contributed by atoms with E-state index >= 15 is 0 Å². The Balaban J connectivity index is 2.07. The van der Waals surface area contributed by atoms with Crippen LogP contribution in [0.3, 0.4) is 0 Å². The first kappa shape index (κ1) is 15.8. The number of fused-ring (bicyclic) bond motifs is 1. The summed E-state index contributed by atoms with van der Waals surface area (Å²) in [5.41, 5.74) is 1.68. The zero-order valence-corrected chi connectivity index (χ0v) is 13.8. The van der Waals surface area contributed by atoms with Gasteiger partial charge in [0.05, 0.1) is 17.2 Å². The van der Waals surface area contributed by atoms with Gasteiger partial charge in [0.15, 0.2) is 11.6 Å². The lowest BCUT2D eigenvalue weighted by molar-refractivity contribution is 0.320. The zero-order valence-electron chi connectivity index (χ0n) is 13.0. The Morgan fingerprint density at radius 1 is 1.26 bits per heavy atom. The molecule has 0 saturated heterocycles. The highest BCUT2D eigenvalue weighted by Gasteiger charge is 2.36. The Kier molecular flexibility index (Phi) is 4.02. The van der Waals surface area contributed by atoms with Crippen LogP contribution in [0.25, 0.3) is 0 Å². The summed E-state index contributed by atoms with van der Waals surface area (Å²) in [6.45, 7) is 3.85. The quantitative estimate of drug-likeness (QED) is 0.861. The number of anilines is 1. The number of nitrogens with zero attached hydrogens (tertiary/aromatic N) is 1. The third kappa shape index (κ3) is 2.67. The lowest BCUT2D eigenvalue weighted by Gasteiger charge is -2.24. The smallest absolute Gasteiger partial charge is 0.264 e. The molecule has 1 atom stereocenters. The molecule has 2 aromatic carbocycles. The molecule has 6 heteroatoms. The van der Waals surface area contributed by atoms with Crippen LogP contribution in [-0.4, -0.2) is 21.1 Å². The second kappa shape index (κ2) is 5.85. The molecule has 0 spiro atoms. The van der Waals surface area contributed by atoms with Crippen molar-refractivity contribution in [3.05, 3.63) is 53.8 Å². The van der Waals surface area contributed by atoms with Gasteiger partial charge in [0, 0.05) is 12.1 Å². The van der Waals surface area contributed by atoms with Gasteiger partial charge in [0.2, 0.25) is 0 Å². The molecule has 0 aromatic heterocycles. The number of rotatable bonds is 4. The normalized spacial score (nSPS) is 17.2. The van der Waals surface area contributed by atoms with Gasteiger partial charge in [-0.1, -0.05) is 18.2 Å². The molecule has 1 heterocycles. The summed E-state index contributed by atoms with van der Waals surface area (Å²) >= 11 is 0. The van der Waals surface area contributed by atoms with E-state index < -0.39 is 15.8 Å². The van der Waals surface area contributed by atoms with Gasteiger partial charge in [0.1, 0.15) is 0 Å². The Morgan fingerprint density at radius 3 is 2.74 bits per heavy atom. The number of ether oxygens (including phenoxy) is 1. The summed E-state index contributed by atoms with van der Waals surface area (Å²) in [5.74, 6) is -0.616. The molecule has 1 aliphatic rings. The molecule has 0 N–H and O–H groups in total. The summed E-state index contributed by atoms with van der Waals surface area (Å²) in [4.78, 5) is 0.0332. The maximum absolute atomic E-state index is 13.7. The van der Waals surface area contributed by atoms with E-state index in [0.29, 0.717) is 12.1 Å². The van der Waals surface area contributed by atoms with Crippen molar-refractivity contribution in [2.45, 2.75) is 31.2 Å². The molecule has 0 amide bonds. The third-order valence-electron chi connectivity index (χ3n) is 3.90. The van der Waals surface area contributed by atoms with Gasteiger partial charge in [-0.15, -0.1) is 0 Å². The van der Waals surface area contributed by atoms with E-state index in [4.69, 9.17) is 4.74 Å². The van der Waals surface area contributed by atoms with E-state index in [1.807, 2.05) is 25.1 Å². The molecule has 23 heavy (non-hydrogen) atoms. The fourth-order valence-corrected chi connectivity index (χ4v) is 4.64. The molecule has 4 nitrogen and oxygen atoms in total. The molecule has 0 fully saturated rings. The van der Waals surface area contributed by atoms with Crippen molar-refractivity contribution >= 4 is 15.7 Å². The van der Waals surface area contributed by atoms with Crippen LogP contribution in [0.15, 0.2) is 47.4 Å². The van der Waals surface area contributed by atoms with Crippen LogP contribution in [0, 0.1) is 5.82 Å². The second-order valence-electron chi connectivity index (χ2n) is 5.51. The number of hydrogen-bond acceptors (Lipinski definition) is 3. The number of benzene rings is 2. The summed E-state index contributed by atoms with van der Waals surface area (Å²) in [6, 6.07) is 10.9. The van der Waals surface area contributed by atoms with Crippen molar-refractivity contribution < 1.29 is 17.5 Å². The first-order valence-electron chi connectivity index (χ1n) is 7.50. The van der Waals surface area contributed by atoms with Crippen LogP contribution < -0.4 is 9.04 Å². The minimum absolute atomic E-state index is 0.0332. The van der Waals surface area contributed by atoms with Gasteiger partial charge in [-0.3, -0.25) is 4.31 Å². The molecule has 0 radical (unpaired) electrons. The van der Waals surface area contributed by atoms with E-state index in [1.165, 1.54) is 16.4 Å². The molecule has 122 valence electrons. The van der Waals surface area contributed by atoms with Gasteiger partial charge in [-0.25, -0.2) is 12.8 Å². The number of para-hydroxylation sites is 1. The molecule has 0 unspecified atom stereocenters. The summed E-state index contributed by atoms with van der Waals surface area (Å²) < 4.78 is 46.3. The van der Waals surface area contributed by atoms with Crippen molar-refractivity contribution in [1.29, 1.82) is 0 Å². The lowest BCUT2D eigenvalue weighted by atomic mass is 10.1. The highest BCUT2D eigenvalue weighted by atomic mass is 32.2. The van der Waals surface area contributed by atoms with E-state index in [9.17, 15) is 12.8 Å². The highest BCUT2D eigenvalue weighted by Crippen LogP contribution is 2.37. The van der Waals surface area contributed by atoms with Gasteiger partial charge < -0.3 is 4.74 Å². The van der Waals surface area contributed by atoms with E-state index in [1.54, 1.807) is 13.0 Å². The third-order valence-corrected chi connectivity index (χ3v) is 5.83. The van der Waals surface area contributed by atoms with Gasteiger partial charge >= 0.3 is 0 Å². The SMILES string of the molecule is CCOc1cc(S(=O)(=O)N2c3ccccc3C[C@H]2C)ccc1F. The van der Waals surface area contributed by atoms with Crippen LogP contribution in [0.1, 0.15) is 19.4 Å². The Bertz CT molecular complexity index is 835. The van der Waals surface area contributed by atoms with Crippen LogP contribution in [0.2, 0.25) is 0 Å². The molecule has 1 aliphatic heterocycles. The number of hydrogen-bond donors (Lipinski definition) is 0. The van der Waals surface area contributed by atoms with E-state index in [0.717, 1.165) is 11.6 Å². The average Bonchev–Trinajstić information content (AvgIpc) is 2.85. The first-order valence-corrected chi connectivity index (χ1v) is 8.94. The maximum atomic E-state index is 13.7. The van der Waals surface area contributed by atoms with Crippen molar-refractivity contribution in [2.75, 3.05) is 10.9 Å². The van der Waals surface area contributed by atoms with Crippen LogP contribution >= 0.6 is 0 Å². The maximum Gasteiger partial charge on any atom is 0.264 e. The summed E-state index contributed by atoms with van der Waals surface area (Å²) in [7, 11) is -3.77. The van der Waals surface area contributed by atoms with Crippen LogP contribution in [0.4, 0.5) is 10.1 Å². The molecule has 0 bridgehead atoms. The lowest BCUT2D eigenvalue weighted by Crippen LogP contribution is -2.35. The molecular formula is C17H18FNO3S. The van der Waals surface area contributed by atoms with E-state index in [-0.39, 0.29) is 23.3 Å². The monoisotopic (exact) mass is 335 g/mol. The van der Waals surface area contributed by atoms with Gasteiger partial charge in [-0.2, -0.15) is 0 Å². The second-order valence-corrected chi connectivity index (χ2v) is 7.32. The Hall–Kier alpha value is -2.08. The summed E-state index contributed by atoms with van der Waals surface area (Å²) in [5, 5.41) is 0. The Labute approximate surface area is 135 Å². The van der Waals surface area contributed by atoms with Crippen molar-refractivity contribution in [3.63, 3.8) is 0 Å². The average molecular weight is 335 g/mol. The highest BCUT2D eigenvalue weighted by molar-refractivity contribution is 7.92. The topological polar surface area (TPSA) is 46.6 Å². The van der Waals surface area contributed by atoms with Crippen molar-refractivity contribution in [3.8, 4) is 5.75 Å². The molecular weight excluding hydrogens is 317 g/mol.